The van der Waals surface area contributed by atoms with E-state index >= 15 is 0 Å². The highest BCUT2D eigenvalue weighted by Crippen LogP contribution is 1.74. The Bertz CT molecular complexity index is 84.1. The molecule has 2 nitrogen and oxygen atoms in total. The van der Waals surface area contributed by atoms with Gasteiger partial charge in [0.2, 0.25) is 0 Å². The minimum Gasteiger partial charge on any atom is -0.435 e. The maximum absolute atomic E-state index is 9.82. The van der Waals surface area contributed by atoms with Gasteiger partial charge in [-0.25, -0.2) is 0 Å². The zero-order chi connectivity index (χ0) is 5.70. The minimum absolute atomic E-state index is 0.530. The van der Waals surface area contributed by atoms with Gasteiger partial charge in [-0.15, -0.1) is 0 Å². The van der Waals surface area contributed by atoms with E-state index in [-0.39, 0.29) is 0 Å². The average molecular weight is 99.1 g/mol. The first-order valence-corrected chi connectivity index (χ1v) is 1.91. The van der Waals surface area contributed by atoms with E-state index in [4.69, 9.17) is 0 Å². The summed E-state index contributed by atoms with van der Waals surface area (Å²) in [7, 11) is 0. The maximum atomic E-state index is 9.82. The minimum atomic E-state index is -0.530. The molecule has 0 fully saturated rings. The molecular weight excluding hydrogens is 92.1 g/mol. The van der Waals surface area contributed by atoms with Gasteiger partial charge in [-0.3, -0.25) is 4.79 Å². The van der Waals surface area contributed by atoms with Crippen LogP contribution in [0.1, 0.15) is 6.92 Å². The molecule has 0 saturated carbocycles. The molecular formula is C5H7O2. The SMILES string of the molecule is [CH2]C(=O)O/C=C\C. The van der Waals surface area contributed by atoms with Gasteiger partial charge in [-0.05, 0) is 6.92 Å². The van der Waals surface area contributed by atoms with E-state index in [1.54, 1.807) is 13.0 Å². The fourth-order valence-corrected chi connectivity index (χ4v) is 0.144. The first-order valence-electron chi connectivity index (χ1n) is 1.91. The Morgan fingerprint density at radius 3 is 2.57 bits per heavy atom. The molecule has 39 valence electrons. The lowest BCUT2D eigenvalue weighted by atomic mass is 10.7. The molecule has 0 aromatic carbocycles. The van der Waals surface area contributed by atoms with E-state index in [2.05, 4.69) is 11.7 Å². The molecule has 0 spiro atoms. The van der Waals surface area contributed by atoms with Gasteiger partial charge >= 0.3 is 5.97 Å². The molecule has 0 aliphatic heterocycles. The summed E-state index contributed by atoms with van der Waals surface area (Å²) < 4.78 is 4.26. The summed E-state index contributed by atoms with van der Waals surface area (Å²) in [6.45, 7) is 4.72. The molecule has 0 saturated heterocycles. The number of carbonyl (C=O) groups is 1. The predicted octanol–water partition coefficient (Wildman–Crippen LogP) is 0.897. The molecule has 0 aliphatic carbocycles. The van der Waals surface area contributed by atoms with E-state index in [9.17, 15) is 4.79 Å². The van der Waals surface area contributed by atoms with Gasteiger partial charge in [0.1, 0.15) is 0 Å². The molecule has 0 atom stereocenters. The third-order valence-corrected chi connectivity index (χ3v) is 0.336. The van der Waals surface area contributed by atoms with Gasteiger partial charge in [0.05, 0.1) is 13.2 Å². The Kier molecular flexibility index (Phi) is 3.02. The van der Waals surface area contributed by atoms with Gasteiger partial charge < -0.3 is 4.74 Å². The van der Waals surface area contributed by atoms with Crippen LogP contribution in [0.15, 0.2) is 12.3 Å². The number of ether oxygens (including phenoxy) is 1. The smallest absolute Gasteiger partial charge is 0.311 e. The van der Waals surface area contributed by atoms with Crippen LogP contribution in [0.4, 0.5) is 0 Å². The second-order valence-electron chi connectivity index (χ2n) is 0.959. The van der Waals surface area contributed by atoms with E-state index in [0.717, 1.165) is 0 Å². The lowest BCUT2D eigenvalue weighted by Gasteiger charge is -1.85. The van der Waals surface area contributed by atoms with Crippen molar-refractivity contribution in [2.45, 2.75) is 6.92 Å². The number of rotatable bonds is 1. The van der Waals surface area contributed by atoms with Crippen molar-refractivity contribution < 1.29 is 9.53 Å². The van der Waals surface area contributed by atoms with Crippen molar-refractivity contribution in [3.8, 4) is 0 Å². The maximum Gasteiger partial charge on any atom is 0.311 e. The largest absolute Gasteiger partial charge is 0.435 e. The molecule has 0 aromatic heterocycles. The second kappa shape index (κ2) is 3.40. The molecule has 0 bridgehead atoms. The van der Waals surface area contributed by atoms with Crippen molar-refractivity contribution >= 4 is 5.97 Å². The lowest BCUT2D eigenvalue weighted by molar-refractivity contribution is -0.132. The van der Waals surface area contributed by atoms with Crippen molar-refractivity contribution in [1.82, 2.24) is 0 Å². The predicted molar refractivity (Wildman–Crippen MR) is 26.3 cm³/mol. The van der Waals surface area contributed by atoms with Crippen LogP contribution in [0.2, 0.25) is 0 Å². The van der Waals surface area contributed by atoms with Crippen LogP contribution in [0.3, 0.4) is 0 Å². The van der Waals surface area contributed by atoms with Crippen LogP contribution in [-0.4, -0.2) is 5.97 Å². The number of hydrogen-bond acceptors (Lipinski definition) is 2. The Balaban J connectivity index is 3.14. The molecule has 0 heterocycles. The third-order valence-electron chi connectivity index (χ3n) is 0.336. The Morgan fingerprint density at radius 2 is 2.43 bits per heavy atom. The summed E-state index contributed by atoms with van der Waals surface area (Å²) >= 11 is 0. The fraction of sp³-hybridized carbons (Fsp3) is 0.200. The summed E-state index contributed by atoms with van der Waals surface area (Å²) in [6.07, 6.45) is 2.90. The van der Waals surface area contributed by atoms with E-state index in [1.165, 1.54) is 6.26 Å². The highest BCUT2D eigenvalue weighted by atomic mass is 16.5. The second-order valence-corrected chi connectivity index (χ2v) is 0.959. The number of hydrogen-bond donors (Lipinski definition) is 0. The molecule has 0 aliphatic rings. The first-order chi connectivity index (χ1) is 3.27. The summed E-state index contributed by atoms with van der Waals surface area (Å²) in [5.41, 5.74) is 0. The van der Waals surface area contributed by atoms with Crippen molar-refractivity contribution in [2.75, 3.05) is 0 Å². The fourth-order valence-electron chi connectivity index (χ4n) is 0.144. The van der Waals surface area contributed by atoms with E-state index < -0.39 is 5.97 Å². The molecule has 1 radical (unpaired) electrons. The van der Waals surface area contributed by atoms with Gasteiger partial charge in [-0.1, -0.05) is 6.08 Å². The van der Waals surface area contributed by atoms with Crippen molar-refractivity contribution in [3.05, 3.63) is 19.3 Å². The van der Waals surface area contributed by atoms with Crippen molar-refractivity contribution in [1.29, 1.82) is 0 Å². The highest BCUT2D eigenvalue weighted by Gasteiger charge is 1.80. The van der Waals surface area contributed by atoms with Crippen LogP contribution >= 0.6 is 0 Å². The van der Waals surface area contributed by atoms with Crippen LogP contribution in [0.5, 0.6) is 0 Å². The van der Waals surface area contributed by atoms with Crippen LogP contribution in [0, 0.1) is 6.92 Å². The number of allylic oxidation sites excluding steroid dienone is 1. The number of esters is 1. The highest BCUT2D eigenvalue weighted by molar-refractivity contribution is 5.74. The van der Waals surface area contributed by atoms with E-state index in [0.29, 0.717) is 0 Å². The summed E-state index contributed by atoms with van der Waals surface area (Å²) in [5.74, 6) is -0.530. The van der Waals surface area contributed by atoms with Crippen LogP contribution in [-0.2, 0) is 9.53 Å². The third kappa shape index (κ3) is 5.21. The Hall–Kier alpha value is -0.790. The van der Waals surface area contributed by atoms with Gasteiger partial charge in [0.25, 0.3) is 0 Å². The molecule has 0 N–H and O–H groups in total. The summed E-state index contributed by atoms with van der Waals surface area (Å²) in [5, 5.41) is 0. The molecule has 0 unspecified atom stereocenters. The van der Waals surface area contributed by atoms with Gasteiger partial charge in [0, 0.05) is 0 Å². The zero-order valence-corrected chi connectivity index (χ0v) is 4.18. The first kappa shape index (κ1) is 6.21. The Labute approximate surface area is 42.8 Å². The molecule has 0 amide bonds. The van der Waals surface area contributed by atoms with Crippen LogP contribution < -0.4 is 0 Å². The molecule has 0 rings (SSSR count). The normalized spacial score (nSPS) is 9.43. The lowest BCUT2D eigenvalue weighted by Crippen LogP contribution is -1.88. The van der Waals surface area contributed by atoms with E-state index in [1.807, 2.05) is 0 Å². The molecule has 2 heteroatoms. The monoisotopic (exact) mass is 99.0 g/mol. The quantitative estimate of drug-likeness (QED) is 0.360. The van der Waals surface area contributed by atoms with Crippen LogP contribution in [0.25, 0.3) is 0 Å². The van der Waals surface area contributed by atoms with Gasteiger partial charge in [-0.2, -0.15) is 0 Å². The van der Waals surface area contributed by atoms with Crippen molar-refractivity contribution in [2.24, 2.45) is 0 Å². The van der Waals surface area contributed by atoms with Crippen molar-refractivity contribution in [3.63, 3.8) is 0 Å². The summed E-state index contributed by atoms with van der Waals surface area (Å²) in [6, 6.07) is 0. The molecule has 7 heavy (non-hydrogen) atoms. The standard InChI is InChI=1S/C5H7O2/c1-3-4-7-5(2)6/h3-4H,2H2,1H3/b4-3-. The zero-order valence-electron chi connectivity index (χ0n) is 4.18. The average Bonchev–Trinajstić information content (AvgIpc) is 1.61. The summed E-state index contributed by atoms with van der Waals surface area (Å²) in [4.78, 5) is 9.82. The molecule has 0 aromatic rings. The topological polar surface area (TPSA) is 26.3 Å². The number of carbonyl (C=O) groups excluding carboxylic acids is 1. The van der Waals surface area contributed by atoms with Gasteiger partial charge in [0.15, 0.2) is 0 Å². The Morgan fingerprint density at radius 1 is 1.86 bits per heavy atom.